The maximum atomic E-state index is 12.7. The van der Waals surface area contributed by atoms with Crippen LogP contribution >= 0.6 is 0 Å². The molecule has 4 rings (SSSR count). The number of ether oxygens (including phenoxy) is 1. The van der Waals surface area contributed by atoms with Crippen LogP contribution in [0, 0.1) is 11.3 Å². The van der Waals surface area contributed by atoms with E-state index < -0.39 is 0 Å². The first-order valence-corrected chi connectivity index (χ1v) is 7.75. The van der Waals surface area contributed by atoms with Crippen LogP contribution in [-0.4, -0.2) is 36.0 Å². The van der Waals surface area contributed by atoms with Gasteiger partial charge in [-0.15, -0.1) is 0 Å². The molecule has 0 aliphatic carbocycles. The van der Waals surface area contributed by atoms with Crippen LogP contribution in [0.5, 0.6) is 0 Å². The van der Waals surface area contributed by atoms with Crippen LogP contribution < -0.4 is 0 Å². The first-order valence-electron chi connectivity index (χ1n) is 7.75. The molecule has 2 aromatic carbocycles. The Hall–Kier alpha value is -2.97. The number of hydrogen-bond donors (Lipinski definition) is 0. The fourth-order valence-corrected chi connectivity index (χ4v) is 3.43. The summed E-state index contributed by atoms with van der Waals surface area (Å²) in [5.74, 6) is -0.602. The maximum Gasteiger partial charge on any atom is 0.261 e. The summed E-state index contributed by atoms with van der Waals surface area (Å²) in [5, 5.41) is 8.92. The average molecular weight is 318 g/mol. The van der Waals surface area contributed by atoms with Crippen molar-refractivity contribution in [1.29, 1.82) is 5.26 Å². The van der Waals surface area contributed by atoms with E-state index in [2.05, 4.69) is 6.07 Å². The predicted molar refractivity (Wildman–Crippen MR) is 85.4 cm³/mol. The van der Waals surface area contributed by atoms with Gasteiger partial charge in [0.1, 0.15) is 0 Å². The zero-order valence-corrected chi connectivity index (χ0v) is 12.8. The molecule has 0 bridgehead atoms. The number of rotatable bonds is 2. The Morgan fingerprint density at radius 3 is 2.17 bits per heavy atom. The lowest BCUT2D eigenvalue weighted by Crippen LogP contribution is -2.43. The van der Waals surface area contributed by atoms with Crippen molar-refractivity contribution >= 4 is 11.8 Å². The predicted octanol–water partition coefficient (Wildman–Crippen LogP) is 2.34. The summed E-state index contributed by atoms with van der Waals surface area (Å²) >= 11 is 0. The zero-order chi connectivity index (χ0) is 16.7. The lowest BCUT2D eigenvalue weighted by atomic mass is 9.92. The van der Waals surface area contributed by atoms with Crippen molar-refractivity contribution in [3.8, 4) is 6.07 Å². The molecular formula is C19H14N2O3. The number of nitriles is 1. The van der Waals surface area contributed by atoms with Gasteiger partial charge in [0.05, 0.1) is 42.0 Å². The lowest BCUT2D eigenvalue weighted by Gasteiger charge is -2.26. The van der Waals surface area contributed by atoms with Crippen LogP contribution in [0.15, 0.2) is 48.5 Å². The Morgan fingerprint density at radius 2 is 1.58 bits per heavy atom. The number of nitrogens with zero attached hydrogens (tertiary/aromatic N) is 2. The van der Waals surface area contributed by atoms with Crippen molar-refractivity contribution in [3.63, 3.8) is 0 Å². The van der Waals surface area contributed by atoms with Crippen LogP contribution in [0.2, 0.25) is 0 Å². The van der Waals surface area contributed by atoms with Crippen molar-refractivity contribution in [2.75, 3.05) is 13.2 Å². The highest BCUT2D eigenvalue weighted by Crippen LogP contribution is 2.34. The number of hydrogen-bond acceptors (Lipinski definition) is 4. The molecule has 0 N–H and O–H groups in total. The number of imide groups is 1. The third-order valence-corrected chi connectivity index (χ3v) is 4.68. The van der Waals surface area contributed by atoms with E-state index in [1.807, 2.05) is 12.1 Å². The molecule has 2 aromatic rings. The Morgan fingerprint density at radius 1 is 0.958 bits per heavy atom. The molecule has 24 heavy (non-hydrogen) atoms. The van der Waals surface area contributed by atoms with Gasteiger partial charge in [-0.1, -0.05) is 24.3 Å². The molecule has 0 aromatic heterocycles. The van der Waals surface area contributed by atoms with Crippen molar-refractivity contribution in [2.24, 2.45) is 0 Å². The van der Waals surface area contributed by atoms with Crippen LogP contribution in [0.4, 0.5) is 0 Å². The van der Waals surface area contributed by atoms with Gasteiger partial charge in [-0.05, 0) is 29.8 Å². The molecule has 0 spiro atoms. The number of amides is 2. The van der Waals surface area contributed by atoms with Gasteiger partial charge >= 0.3 is 0 Å². The fraction of sp³-hybridized carbons (Fsp3) is 0.211. The summed E-state index contributed by atoms with van der Waals surface area (Å²) in [7, 11) is 0. The van der Waals surface area contributed by atoms with Crippen LogP contribution in [-0.2, 0) is 4.74 Å². The Kier molecular flexibility index (Phi) is 3.40. The molecule has 5 nitrogen and oxygen atoms in total. The SMILES string of the molecule is N#Cc1ccc(C2COCC2N2C(=O)c3ccccc3C2=O)cc1. The number of carbonyl (C=O) groups excluding carboxylic acids is 2. The summed E-state index contributed by atoms with van der Waals surface area (Å²) < 4.78 is 5.58. The van der Waals surface area contributed by atoms with Gasteiger partial charge in [-0.25, -0.2) is 0 Å². The molecule has 2 atom stereocenters. The average Bonchev–Trinajstić information content (AvgIpc) is 3.19. The molecule has 0 saturated carbocycles. The summed E-state index contributed by atoms with van der Waals surface area (Å²) in [6.45, 7) is 0.778. The first-order chi connectivity index (χ1) is 11.7. The summed E-state index contributed by atoms with van der Waals surface area (Å²) in [5.41, 5.74) is 2.45. The van der Waals surface area contributed by atoms with Crippen LogP contribution in [0.3, 0.4) is 0 Å². The Labute approximate surface area is 139 Å². The second-order valence-corrected chi connectivity index (χ2v) is 5.97. The van der Waals surface area contributed by atoms with E-state index in [-0.39, 0.29) is 23.8 Å². The summed E-state index contributed by atoms with van der Waals surface area (Å²) in [6.07, 6.45) is 0. The normalized spacial score (nSPS) is 22.5. The van der Waals surface area contributed by atoms with Gasteiger partial charge in [0.15, 0.2) is 0 Å². The van der Waals surface area contributed by atoms with Crippen molar-refractivity contribution in [2.45, 2.75) is 12.0 Å². The highest BCUT2D eigenvalue weighted by atomic mass is 16.5. The first kappa shape index (κ1) is 14.6. The molecule has 0 radical (unpaired) electrons. The second kappa shape index (κ2) is 5.59. The molecule has 1 fully saturated rings. The van der Waals surface area contributed by atoms with E-state index in [4.69, 9.17) is 10.00 Å². The molecule has 2 aliphatic rings. The maximum absolute atomic E-state index is 12.7. The smallest absolute Gasteiger partial charge is 0.261 e. The third-order valence-electron chi connectivity index (χ3n) is 4.68. The van der Waals surface area contributed by atoms with Crippen LogP contribution in [0.1, 0.15) is 37.8 Å². The van der Waals surface area contributed by atoms with Gasteiger partial charge in [-0.2, -0.15) is 5.26 Å². The molecule has 118 valence electrons. The standard InChI is InChI=1S/C19H14N2O3/c20-9-12-5-7-13(8-6-12)16-10-24-11-17(16)21-18(22)14-3-1-2-4-15(14)19(21)23/h1-8,16-17H,10-11H2. The molecule has 1 saturated heterocycles. The van der Waals surface area contributed by atoms with Gasteiger partial charge in [0, 0.05) is 5.92 Å². The summed E-state index contributed by atoms with van der Waals surface area (Å²) in [6, 6.07) is 15.9. The third kappa shape index (κ3) is 2.12. The van der Waals surface area contributed by atoms with Gasteiger partial charge < -0.3 is 4.74 Å². The van der Waals surface area contributed by atoms with E-state index >= 15 is 0 Å². The molecule has 2 amide bonds. The number of fused-ring (bicyclic) bond motifs is 1. The zero-order valence-electron chi connectivity index (χ0n) is 12.8. The van der Waals surface area contributed by atoms with Crippen molar-refractivity contribution in [1.82, 2.24) is 4.90 Å². The molecule has 2 unspecified atom stereocenters. The van der Waals surface area contributed by atoms with E-state index in [1.165, 1.54) is 4.90 Å². The van der Waals surface area contributed by atoms with E-state index in [1.54, 1.807) is 36.4 Å². The van der Waals surface area contributed by atoms with Gasteiger partial charge in [-0.3, -0.25) is 14.5 Å². The molecule has 5 heteroatoms. The van der Waals surface area contributed by atoms with Gasteiger partial charge in [0.2, 0.25) is 0 Å². The molecule has 2 heterocycles. The minimum atomic E-state index is -0.328. The second-order valence-electron chi connectivity index (χ2n) is 5.97. The Balaban J connectivity index is 1.67. The van der Waals surface area contributed by atoms with Crippen LogP contribution in [0.25, 0.3) is 0 Å². The highest BCUT2D eigenvalue weighted by Gasteiger charge is 2.45. The molecule has 2 aliphatic heterocycles. The monoisotopic (exact) mass is 318 g/mol. The largest absolute Gasteiger partial charge is 0.379 e. The van der Waals surface area contributed by atoms with E-state index in [0.29, 0.717) is 29.9 Å². The minimum absolute atomic E-state index is 0.0834. The highest BCUT2D eigenvalue weighted by molar-refractivity contribution is 6.21. The number of benzene rings is 2. The minimum Gasteiger partial charge on any atom is -0.379 e. The number of carbonyl (C=O) groups is 2. The van der Waals surface area contributed by atoms with Crippen molar-refractivity contribution in [3.05, 3.63) is 70.8 Å². The molecular weight excluding hydrogens is 304 g/mol. The Bertz CT molecular complexity index is 832. The topological polar surface area (TPSA) is 70.4 Å². The van der Waals surface area contributed by atoms with E-state index in [9.17, 15) is 9.59 Å². The van der Waals surface area contributed by atoms with E-state index in [0.717, 1.165) is 5.56 Å². The fourth-order valence-electron chi connectivity index (χ4n) is 3.43. The summed E-state index contributed by atoms with van der Waals surface area (Å²) in [4.78, 5) is 26.7. The quantitative estimate of drug-likeness (QED) is 0.797. The lowest BCUT2D eigenvalue weighted by molar-refractivity contribution is 0.0558. The van der Waals surface area contributed by atoms with Crippen molar-refractivity contribution < 1.29 is 14.3 Å². The van der Waals surface area contributed by atoms with Gasteiger partial charge in [0.25, 0.3) is 11.8 Å².